The summed E-state index contributed by atoms with van der Waals surface area (Å²) < 4.78 is 6.47. The highest BCUT2D eigenvalue weighted by Crippen LogP contribution is 2.22. The molecule has 9 heteroatoms. The van der Waals surface area contributed by atoms with E-state index in [9.17, 15) is 14.4 Å². The van der Waals surface area contributed by atoms with E-state index in [1.165, 1.54) is 25.4 Å². The third-order valence-corrected chi connectivity index (χ3v) is 4.39. The van der Waals surface area contributed by atoms with Crippen molar-refractivity contribution in [2.75, 3.05) is 7.05 Å². The average Bonchev–Trinajstić information content (AvgIpc) is 2.77. The number of benzene rings is 2. The molecule has 152 valence electrons. The van der Waals surface area contributed by atoms with Crippen LogP contribution in [0.2, 0.25) is 0 Å². The molecule has 0 atom stereocenters. The smallest absolute Gasteiger partial charge is 0.269 e. The van der Waals surface area contributed by atoms with Crippen molar-refractivity contribution >= 4 is 33.7 Å². The molecule has 0 aliphatic carbocycles. The number of pyridine rings is 1. The molecule has 3 aromatic rings. The Balaban J connectivity index is 1.65. The summed E-state index contributed by atoms with van der Waals surface area (Å²) in [5, 5.41) is 2.49. The lowest BCUT2D eigenvalue weighted by Gasteiger charge is -2.10. The summed E-state index contributed by atoms with van der Waals surface area (Å²) in [5.74, 6) is -0.519. The number of nitrogens with one attached hydrogen (secondary N) is 3. The van der Waals surface area contributed by atoms with E-state index in [1.54, 1.807) is 48.5 Å². The molecule has 0 unspecified atom stereocenters. The fourth-order valence-corrected chi connectivity index (χ4v) is 2.85. The van der Waals surface area contributed by atoms with Gasteiger partial charge in [-0.25, -0.2) is 0 Å². The highest BCUT2D eigenvalue weighted by Gasteiger charge is 2.11. The minimum Gasteiger partial charge on any atom is -0.457 e. The lowest BCUT2D eigenvalue weighted by Crippen LogP contribution is -2.41. The van der Waals surface area contributed by atoms with Crippen molar-refractivity contribution in [1.82, 2.24) is 21.2 Å². The molecule has 1 aromatic heterocycles. The van der Waals surface area contributed by atoms with Crippen LogP contribution in [-0.2, 0) is 0 Å². The summed E-state index contributed by atoms with van der Waals surface area (Å²) in [6.45, 7) is 0. The molecule has 0 saturated carbocycles. The van der Waals surface area contributed by atoms with Gasteiger partial charge < -0.3 is 10.1 Å². The maximum atomic E-state index is 12.4. The van der Waals surface area contributed by atoms with Crippen LogP contribution in [0.4, 0.5) is 0 Å². The highest BCUT2D eigenvalue weighted by atomic mass is 79.9. The summed E-state index contributed by atoms with van der Waals surface area (Å²) in [7, 11) is 1.51. The SMILES string of the molecule is CNC(=O)c1cc(Oc2cccc(C(=O)NNC(=O)c3cccc(Br)c3)c2)ccn1. The number of halogens is 1. The topological polar surface area (TPSA) is 109 Å². The molecular weight excluding hydrogens is 452 g/mol. The van der Waals surface area contributed by atoms with Gasteiger partial charge >= 0.3 is 0 Å². The Labute approximate surface area is 180 Å². The van der Waals surface area contributed by atoms with E-state index in [0.717, 1.165) is 4.47 Å². The van der Waals surface area contributed by atoms with Crippen molar-refractivity contribution in [3.63, 3.8) is 0 Å². The Morgan fingerprint density at radius 1 is 0.833 bits per heavy atom. The third kappa shape index (κ3) is 5.42. The summed E-state index contributed by atoms with van der Waals surface area (Å²) in [4.78, 5) is 40.2. The van der Waals surface area contributed by atoms with E-state index in [0.29, 0.717) is 17.1 Å². The number of amides is 3. The molecule has 3 N–H and O–H groups in total. The fraction of sp³-hybridized carbons (Fsp3) is 0.0476. The Kier molecular flexibility index (Phi) is 6.76. The fourth-order valence-electron chi connectivity index (χ4n) is 2.45. The molecule has 2 aromatic carbocycles. The average molecular weight is 469 g/mol. The lowest BCUT2D eigenvalue weighted by molar-refractivity contribution is 0.0846. The van der Waals surface area contributed by atoms with Crippen LogP contribution < -0.4 is 20.9 Å². The first kappa shape index (κ1) is 21.0. The Bertz CT molecular complexity index is 1100. The van der Waals surface area contributed by atoms with Gasteiger partial charge in [0.15, 0.2) is 0 Å². The highest BCUT2D eigenvalue weighted by molar-refractivity contribution is 9.10. The van der Waals surface area contributed by atoms with E-state index in [-0.39, 0.29) is 17.2 Å². The van der Waals surface area contributed by atoms with Crippen molar-refractivity contribution < 1.29 is 19.1 Å². The Morgan fingerprint density at radius 2 is 1.47 bits per heavy atom. The largest absolute Gasteiger partial charge is 0.457 e. The van der Waals surface area contributed by atoms with Gasteiger partial charge in [-0.1, -0.05) is 28.1 Å². The van der Waals surface area contributed by atoms with Crippen molar-refractivity contribution in [1.29, 1.82) is 0 Å². The van der Waals surface area contributed by atoms with Crippen LogP contribution in [0.3, 0.4) is 0 Å². The second-order valence-corrected chi connectivity index (χ2v) is 6.92. The van der Waals surface area contributed by atoms with Gasteiger partial charge in [0.2, 0.25) is 0 Å². The second-order valence-electron chi connectivity index (χ2n) is 6.00. The quantitative estimate of drug-likeness (QED) is 0.498. The number of nitrogens with zero attached hydrogens (tertiary/aromatic N) is 1. The van der Waals surface area contributed by atoms with Crippen LogP contribution in [-0.4, -0.2) is 29.8 Å². The number of hydrogen-bond donors (Lipinski definition) is 3. The van der Waals surface area contributed by atoms with Crippen molar-refractivity contribution in [3.05, 3.63) is 88.2 Å². The minimum atomic E-state index is -0.510. The van der Waals surface area contributed by atoms with Gasteiger partial charge in [-0.05, 0) is 42.5 Å². The van der Waals surface area contributed by atoms with Crippen LogP contribution in [0, 0.1) is 0 Å². The summed E-state index contributed by atoms with van der Waals surface area (Å²) in [6.07, 6.45) is 1.45. The zero-order valence-electron chi connectivity index (χ0n) is 15.8. The number of hydrazine groups is 1. The first-order valence-corrected chi connectivity index (χ1v) is 9.58. The van der Waals surface area contributed by atoms with E-state index in [2.05, 4.69) is 37.1 Å². The van der Waals surface area contributed by atoms with Crippen molar-refractivity contribution in [2.24, 2.45) is 0 Å². The number of carbonyl (C=O) groups excluding carboxylic acids is 3. The normalized spacial score (nSPS) is 10.1. The summed E-state index contributed by atoms with van der Waals surface area (Å²) in [6, 6.07) is 16.3. The molecule has 0 radical (unpaired) electrons. The Morgan fingerprint density at radius 3 is 2.13 bits per heavy atom. The van der Waals surface area contributed by atoms with Crippen LogP contribution >= 0.6 is 15.9 Å². The molecule has 0 aliphatic heterocycles. The van der Waals surface area contributed by atoms with Crippen LogP contribution in [0.25, 0.3) is 0 Å². The molecule has 8 nitrogen and oxygen atoms in total. The number of ether oxygens (including phenoxy) is 1. The molecule has 30 heavy (non-hydrogen) atoms. The Hall–Kier alpha value is -3.72. The van der Waals surface area contributed by atoms with Gasteiger partial charge in [-0.2, -0.15) is 0 Å². The molecule has 0 bridgehead atoms. The van der Waals surface area contributed by atoms with Crippen LogP contribution in [0.1, 0.15) is 31.2 Å². The van der Waals surface area contributed by atoms with E-state index in [1.807, 2.05) is 0 Å². The lowest BCUT2D eigenvalue weighted by atomic mass is 10.2. The van der Waals surface area contributed by atoms with Gasteiger partial charge in [0, 0.05) is 34.9 Å². The summed E-state index contributed by atoms with van der Waals surface area (Å²) in [5.41, 5.74) is 5.62. The van der Waals surface area contributed by atoms with Gasteiger partial charge in [0.1, 0.15) is 17.2 Å². The molecule has 0 saturated heterocycles. The number of aromatic nitrogens is 1. The van der Waals surface area contributed by atoms with Crippen molar-refractivity contribution in [3.8, 4) is 11.5 Å². The molecule has 0 fully saturated rings. The number of carbonyl (C=O) groups is 3. The summed E-state index contributed by atoms with van der Waals surface area (Å²) >= 11 is 3.29. The maximum absolute atomic E-state index is 12.4. The molecule has 0 spiro atoms. The van der Waals surface area contributed by atoms with Crippen LogP contribution in [0.15, 0.2) is 71.3 Å². The predicted octanol–water partition coefficient (Wildman–Crippen LogP) is 3.07. The second kappa shape index (κ2) is 9.66. The molecule has 1 heterocycles. The van der Waals surface area contributed by atoms with Gasteiger partial charge in [0.25, 0.3) is 17.7 Å². The zero-order valence-corrected chi connectivity index (χ0v) is 17.4. The number of hydrogen-bond acceptors (Lipinski definition) is 5. The van der Waals surface area contributed by atoms with Gasteiger partial charge in [-0.15, -0.1) is 0 Å². The van der Waals surface area contributed by atoms with Gasteiger partial charge in [0.05, 0.1) is 0 Å². The first-order valence-electron chi connectivity index (χ1n) is 8.78. The number of rotatable bonds is 5. The minimum absolute atomic E-state index is 0.208. The third-order valence-electron chi connectivity index (χ3n) is 3.90. The monoisotopic (exact) mass is 468 g/mol. The molecule has 3 rings (SSSR count). The van der Waals surface area contributed by atoms with E-state index < -0.39 is 11.8 Å². The molecule has 3 amide bonds. The van der Waals surface area contributed by atoms with E-state index in [4.69, 9.17) is 4.74 Å². The molecule has 0 aliphatic rings. The van der Waals surface area contributed by atoms with Crippen molar-refractivity contribution in [2.45, 2.75) is 0 Å². The van der Waals surface area contributed by atoms with E-state index >= 15 is 0 Å². The predicted molar refractivity (Wildman–Crippen MR) is 113 cm³/mol. The van der Waals surface area contributed by atoms with Gasteiger partial charge in [-0.3, -0.25) is 30.2 Å². The zero-order chi connectivity index (χ0) is 21.5. The first-order chi connectivity index (χ1) is 14.5. The standard InChI is InChI=1S/C21H17BrN4O4/c1-23-21(29)18-12-17(8-9-24-18)30-16-7-3-5-14(11-16)20(28)26-25-19(27)13-4-2-6-15(22)10-13/h2-12H,1H3,(H,23,29)(H,25,27)(H,26,28). The maximum Gasteiger partial charge on any atom is 0.269 e. The molecular formula is C21H17BrN4O4. The van der Waals surface area contributed by atoms with Crippen LogP contribution in [0.5, 0.6) is 11.5 Å².